The monoisotopic (exact) mass is 284 g/mol. The van der Waals surface area contributed by atoms with Crippen molar-refractivity contribution in [2.75, 3.05) is 11.1 Å². The number of pyridine rings is 1. The molecule has 2 N–H and O–H groups in total. The number of hydrogen-bond donors (Lipinski definition) is 2. The van der Waals surface area contributed by atoms with Gasteiger partial charge in [0, 0.05) is 17.5 Å². The van der Waals surface area contributed by atoms with E-state index in [4.69, 9.17) is 5.11 Å². The lowest BCUT2D eigenvalue weighted by molar-refractivity contribution is 0.0692. The number of anilines is 1. The maximum Gasteiger partial charge on any atom is 0.338 e. The molecule has 1 aromatic heterocycles. The van der Waals surface area contributed by atoms with Crippen LogP contribution in [0.25, 0.3) is 0 Å². The van der Waals surface area contributed by atoms with Gasteiger partial charge in [-0.15, -0.1) is 0 Å². The summed E-state index contributed by atoms with van der Waals surface area (Å²) in [6.45, 7) is 2.10. The van der Waals surface area contributed by atoms with E-state index in [0.29, 0.717) is 5.25 Å². The van der Waals surface area contributed by atoms with E-state index in [1.807, 2.05) is 11.8 Å². The van der Waals surface area contributed by atoms with Crippen LogP contribution in [-0.2, 0) is 0 Å². The van der Waals surface area contributed by atoms with Gasteiger partial charge in [0.2, 0.25) is 0 Å². The lowest BCUT2D eigenvalue weighted by atomic mass is 10.2. The predicted molar refractivity (Wildman–Crippen MR) is 74.3 cm³/mol. The van der Waals surface area contributed by atoms with Gasteiger partial charge in [0.05, 0.1) is 0 Å². The van der Waals surface area contributed by atoms with E-state index in [-0.39, 0.29) is 17.4 Å². The first-order valence-corrected chi connectivity index (χ1v) is 7.44. The van der Waals surface area contributed by atoms with Crippen LogP contribution in [-0.4, -0.2) is 33.1 Å². The van der Waals surface area contributed by atoms with Crippen LogP contribution in [0.5, 0.6) is 0 Å². The zero-order valence-corrected chi connectivity index (χ0v) is 11.5. The summed E-state index contributed by atoms with van der Waals surface area (Å²) in [5.74, 6) is -0.974. The van der Waals surface area contributed by atoms with Crippen LogP contribution in [0, 0.1) is 5.82 Å². The van der Waals surface area contributed by atoms with Gasteiger partial charge in [0.25, 0.3) is 0 Å². The van der Waals surface area contributed by atoms with E-state index in [0.717, 1.165) is 25.0 Å². The molecule has 1 aromatic rings. The SMILES string of the molecule is CCSC1CCCC1Nc1nccc(C(=O)O)c1F. The largest absolute Gasteiger partial charge is 0.478 e. The molecule has 0 aromatic carbocycles. The second-order valence-electron chi connectivity index (χ2n) is 4.50. The van der Waals surface area contributed by atoms with Crippen molar-refractivity contribution in [3.05, 3.63) is 23.6 Å². The Morgan fingerprint density at radius 3 is 3.11 bits per heavy atom. The average molecular weight is 284 g/mol. The Kier molecular flexibility index (Phi) is 4.63. The predicted octanol–water partition coefficient (Wildman–Crippen LogP) is 3.01. The maximum atomic E-state index is 14.0. The number of halogens is 1. The zero-order valence-electron chi connectivity index (χ0n) is 10.7. The Morgan fingerprint density at radius 1 is 1.63 bits per heavy atom. The first-order chi connectivity index (χ1) is 9.13. The molecule has 19 heavy (non-hydrogen) atoms. The molecule has 1 aliphatic carbocycles. The summed E-state index contributed by atoms with van der Waals surface area (Å²) in [6.07, 6.45) is 4.51. The Hall–Kier alpha value is -1.30. The van der Waals surface area contributed by atoms with Gasteiger partial charge in [-0.1, -0.05) is 13.3 Å². The van der Waals surface area contributed by atoms with Crippen LogP contribution < -0.4 is 5.32 Å². The normalized spacial score (nSPS) is 22.4. The molecule has 1 heterocycles. The number of carboxylic acid groups (broad SMARTS) is 1. The van der Waals surface area contributed by atoms with Crippen molar-refractivity contribution in [1.29, 1.82) is 0 Å². The molecule has 0 amide bonds. The third-order valence-corrected chi connectivity index (χ3v) is 4.60. The van der Waals surface area contributed by atoms with Crippen LogP contribution in [0.4, 0.5) is 10.2 Å². The molecule has 6 heteroatoms. The summed E-state index contributed by atoms with van der Waals surface area (Å²) in [4.78, 5) is 14.8. The molecular weight excluding hydrogens is 267 g/mol. The quantitative estimate of drug-likeness (QED) is 0.870. The van der Waals surface area contributed by atoms with Crippen LogP contribution >= 0.6 is 11.8 Å². The summed E-state index contributed by atoms with van der Waals surface area (Å²) in [7, 11) is 0. The molecule has 2 unspecified atom stereocenters. The Balaban J connectivity index is 2.15. The molecule has 104 valence electrons. The number of carbonyl (C=O) groups is 1. The average Bonchev–Trinajstić information content (AvgIpc) is 2.79. The fourth-order valence-corrected chi connectivity index (χ4v) is 3.59. The molecule has 2 rings (SSSR count). The van der Waals surface area contributed by atoms with Gasteiger partial charge in [0.15, 0.2) is 11.6 Å². The first-order valence-electron chi connectivity index (χ1n) is 6.39. The van der Waals surface area contributed by atoms with Gasteiger partial charge in [0.1, 0.15) is 5.56 Å². The van der Waals surface area contributed by atoms with E-state index in [1.165, 1.54) is 12.3 Å². The van der Waals surface area contributed by atoms with Crippen LogP contribution in [0.1, 0.15) is 36.5 Å². The maximum absolute atomic E-state index is 14.0. The zero-order chi connectivity index (χ0) is 13.8. The molecule has 1 fully saturated rings. The highest BCUT2D eigenvalue weighted by molar-refractivity contribution is 7.99. The molecule has 1 aliphatic rings. The van der Waals surface area contributed by atoms with Gasteiger partial charge >= 0.3 is 5.97 Å². The van der Waals surface area contributed by atoms with E-state index in [9.17, 15) is 9.18 Å². The molecule has 1 saturated carbocycles. The van der Waals surface area contributed by atoms with Gasteiger partial charge in [-0.2, -0.15) is 11.8 Å². The number of aromatic carboxylic acids is 1. The summed E-state index contributed by atoms with van der Waals surface area (Å²) in [5, 5.41) is 12.4. The van der Waals surface area contributed by atoms with E-state index < -0.39 is 11.8 Å². The molecule has 0 radical (unpaired) electrons. The topological polar surface area (TPSA) is 62.2 Å². The number of nitrogens with zero attached hydrogens (tertiary/aromatic N) is 1. The minimum absolute atomic E-state index is 0.0495. The van der Waals surface area contributed by atoms with E-state index in [1.54, 1.807) is 0 Å². The molecule has 0 bridgehead atoms. The third-order valence-electron chi connectivity index (χ3n) is 3.28. The fraction of sp³-hybridized carbons (Fsp3) is 0.538. The molecular formula is C13H17FN2O2S. The minimum Gasteiger partial charge on any atom is -0.478 e. The lowest BCUT2D eigenvalue weighted by Crippen LogP contribution is -2.27. The molecule has 0 saturated heterocycles. The van der Waals surface area contributed by atoms with Gasteiger partial charge < -0.3 is 10.4 Å². The van der Waals surface area contributed by atoms with Crippen molar-refractivity contribution in [2.24, 2.45) is 0 Å². The second kappa shape index (κ2) is 6.23. The van der Waals surface area contributed by atoms with Crippen molar-refractivity contribution in [1.82, 2.24) is 4.98 Å². The van der Waals surface area contributed by atoms with Crippen molar-refractivity contribution >= 4 is 23.5 Å². The molecule has 0 aliphatic heterocycles. The third kappa shape index (κ3) is 3.18. The van der Waals surface area contributed by atoms with Crippen molar-refractivity contribution in [3.8, 4) is 0 Å². The Morgan fingerprint density at radius 2 is 2.42 bits per heavy atom. The first kappa shape index (κ1) is 14.1. The van der Waals surface area contributed by atoms with Gasteiger partial charge in [-0.05, 0) is 24.7 Å². The lowest BCUT2D eigenvalue weighted by Gasteiger charge is -2.21. The molecule has 0 spiro atoms. The number of thioether (sulfide) groups is 1. The van der Waals surface area contributed by atoms with Crippen molar-refractivity contribution in [2.45, 2.75) is 37.5 Å². The summed E-state index contributed by atoms with van der Waals surface area (Å²) >= 11 is 1.85. The van der Waals surface area contributed by atoms with E-state index in [2.05, 4.69) is 17.2 Å². The fourth-order valence-electron chi connectivity index (χ4n) is 2.39. The van der Waals surface area contributed by atoms with E-state index >= 15 is 0 Å². The smallest absolute Gasteiger partial charge is 0.338 e. The second-order valence-corrected chi connectivity index (χ2v) is 6.02. The standard InChI is InChI=1S/C13H17FN2O2S/c1-2-19-10-5-3-4-9(10)16-12-11(14)8(13(17)18)6-7-15-12/h6-7,9-10H,2-5H2,1H3,(H,15,16)(H,17,18). The highest BCUT2D eigenvalue weighted by Crippen LogP contribution is 2.32. The van der Waals surface area contributed by atoms with Crippen molar-refractivity contribution < 1.29 is 14.3 Å². The number of aromatic nitrogens is 1. The van der Waals surface area contributed by atoms with Gasteiger partial charge in [-0.25, -0.2) is 14.2 Å². The highest BCUT2D eigenvalue weighted by Gasteiger charge is 2.28. The Labute approximate surface area is 115 Å². The van der Waals surface area contributed by atoms with Crippen LogP contribution in [0.3, 0.4) is 0 Å². The summed E-state index contributed by atoms with van der Waals surface area (Å²) in [6, 6.07) is 1.34. The molecule has 2 atom stereocenters. The number of carboxylic acids is 1. The van der Waals surface area contributed by atoms with Crippen molar-refractivity contribution in [3.63, 3.8) is 0 Å². The highest BCUT2D eigenvalue weighted by atomic mass is 32.2. The Bertz CT molecular complexity index is 470. The molecule has 4 nitrogen and oxygen atoms in total. The van der Waals surface area contributed by atoms with Gasteiger partial charge in [-0.3, -0.25) is 0 Å². The number of nitrogens with one attached hydrogen (secondary N) is 1. The van der Waals surface area contributed by atoms with Crippen LogP contribution in [0.2, 0.25) is 0 Å². The number of hydrogen-bond acceptors (Lipinski definition) is 4. The number of rotatable bonds is 5. The van der Waals surface area contributed by atoms with Crippen LogP contribution in [0.15, 0.2) is 12.3 Å². The summed E-state index contributed by atoms with van der Waals surface area (Å²) < 4.78 is 14.0. The summed E-state index contributed by atoms with van der Waals surface area (Å²) in [5.41, 5.74) is -0.338. The minimum atomic E-state index is -1.27.